The zero-order chi connectivity index (χ0) is 12.8. The Labute approximate surface area is 105 Å². The highest BCUT2D eigenvalue weighted by molar-refractivity contribution is 5.69. The van der Waals surface area contributed by atoms with Crippen LogP contribution in [-0.2, 0) is 9.53 Å². The molecule has 0 rings (SSSR count). The van der Waals surface area contributed by atoms with Crippen LogP contribution >= 0.6 is 0 Å². The summed E-state index contributed by atoms with van der Waals surface area (Å²) in [7, 11) is 0. The average Bonchev–Trinajstić information content (AvgIpc) is 2.34. The molecule has 0 unspecified atom stereocenters. The Morgan fingerprint density at radius 3 is 2.53 bits per heavy atom. The molecule has 0 radical (unpaired) electrons. The van der Waals surface area contributed by atoms with Gasteiger partial charge in [0.1, 0.15) is 6.61 Å². The third kappa shape index (κ3) is 13.1. The number of esters is 1. The van der Waals surface area contributed by atoms with Crippen molar-refractivity contribution >= 4 is 5.97 Å². The molecule has 1 N–H and O–H groups in total. The van der Waals surface area contributed by atoms with E-state index in [1.807, 2.05) is 0 Å². The van der Waals surface area contributed by atoms with Crippen LogP contribution in [0.25, 0.3) is 0 Å². The van der Waals surface area contributed by atoms with Gasteiger partial charge in [0.25, 0.3) is 0 Å². The lowest BCUT2D eigenvalue weighted by atomic mass is 10.1. The summed E-state index contributed by atoms with van der Waals surface area (Å²) in [4.78, 5) is 11.1. The normalized spacial score (nSPS) is 10.9. The maximum absolute atomic E-state index is 11.1. The van der Waals surface area contributed by atoms with Crippen LogP contribution in [0.2, 0.25) is 0 Å². The molecule has 0 aromatic heterocycles. The van der Waals surface area contributed by atoms with Gasteiger partial charge < -0.3 is 9.84 Å². The summed E-state index contributed by atoms with van der Waals surface area (Å²) in [6.07, 6.45) is 12.9. The smallest absolute Gasteiger partial charge is 0.305 e. The first-order chi connectivity index (χ1) is 8.31. The van der Waals surface area contributed by atoms with Crippen LogP contribution in [0, 0.1) is 0 Å². The second kappa shape index (κ2) is 13.2. The molecular formula is C14H26O3. The molecule has 0 amide bonds. The van der Waals surface area contributed by atoms with Crippen LogP contribution in [0.5, 0.6) is 0 Å². The van der Waals surface area contributed by atoms with Crippen molar-refractivity contribution in [1.82, 2.24) is 0 Å². The summed E-state index contributed by atoms with van der Waals surface area (Å²) in [5.41, 5.74) is 0. The highest BCUT2D eigenvalue weighted by Crippen LogP contribution is 2.08. The predicted molar refractivity (Wildman–Crippen MR) is 69.8 cm³/mol. The first kappa shape index (κ1) is 16.2. The second-order valence-electron chi connectivity index (χ2n) is 4.13. The molecule has 0 bridgehead atoms. The molecule has 0 aliphatic rings. The molecular weight excluding hydrogens is 216 g/mol. The van der Waals surface area contributed by atoms with Gasteiger partial charge in [0.05, 0.1) is 6.61 Å². The van der Waals surface area contributed by atoms with Gasteiger partial charge in [-0.05, 0) is 25.7 Å². The predicted octanol–water partition coefficient (Wildman–Crippen LogP) is 3.22. The zero-order valence-electron chi connectivity index (χ0n) is 11.0. The van der Waals surface area contributed by atoms with E-state index in [4.69, 9.17) is 9.84 Å². The molecule has 0 aliphatic heterocycles. The lowest BCUT2D eigenvalue weighted by Crippen LogP contribution is -2.07. The number of unbranched alkanes of at least 4 members (excludes halogenated alkanes) is 5. The molecule has 0 fully saturated rings. The highest BCUT2D eigenvalue weighted by Gasteiger charge is 2.01. The van der Waals surface area contributed by atoms with E-state index in [0.717, 1.165) is 19.3 Å². The quantitative estimate of drug-likeness (QED) is 0.344. The Hall–Kier alpha value is -0.830. The average molecular weight is 242 g/mol. The Morgan fingerprint density at radius 2 is 1.82 bits per heavy atom. The molecule has 0 saturated heterocycles. The number of carbonyl (C=O) groups is 1. The Kier molecular flexibility index (Phi) is 12.6. The van der Waals surface area contributed by atoms with Crippen molar-refractivity contribution in [3.05, 3.63) is 12.2 Å². The summed E-state index contributed by atoms with van der Waals surface area (Å²) in [6, 6.07) is 0. The summed E-state index contributed by atoms with van der Waals surface area (Å²) < 4.78 is 4.77. The zero-order valence-corrected chi connectivity index (χ0v) is 11.0. The molecule has 0 aromatic rings. The number of allylic oxidation sites excluding steroid dienone is 2. The van der Waals surface area contributed by atoms with Crippen molar-refractivity contribution in [1.29, 1.82) is 0 Å². The van der Waals surface area contributed by atoms with E-state index in [1.54, 1.807) is 0 Å². The number of carbonyl (C=O) groups excluding carboxylic acids is 1. The Balaban J connectivity index is 3.12. The largest absolute Gasteiger partial charge is 0.463 e. The maximum Gasteiger partial charge on any atom is 0.305 e. The molecule has 3 heteroatoms. The van der Waals surface area contributed by atoms with Crippen LogP contribution in [0.1, 0.15) is 58.3 Å². The number of rotatable bonds is 11. The minimum Gasteiger partial charge on any atom is -0.463 e. The second-order valence-corrected chi connectivity index (χ2v) is 4.13. The minimum absolute atomic E-state index is 0.0863. The number of hydrogen-bond donors (Lipinski definition) is 1. The molecule has 0 saturated carbocycles. The fourth-order valence-electron chi connectivity index (χ4n) is 1.58. The maximum atomic E-state index is 11.1. The number of aliphatic hydroxyl groups excluding tert-OH is 1. The topological polar surface area (TPSA) is 46.5 Å². The molecule has 0 aliphatic carbocycles. The molecule has 0 atom stereocenters. The van der Waals surface area contributed by atoms with Crippen molar-refractivity contribution in [2.75, 3.05) is 13.2 Å². The first-order valence-corrected chi connectivity index (χ1v) is 6.72. The van der Waals surface area contributed by atoms with E-state index in [0.29, 0.717) is 6.42 Å². The Bertz CT molecular complexity index is 200. The van der Waals surface area contributed by atoms with Crippen molar-refractivity contribution < 1.29 is 14.6 Å². The lowest BCUT2D eigenvalue weighted by Gasteiger charge is -2.02. The van der Waals surface area contributed by atoms with Gasteiger partial charge in [-0.15, -0.1) is 0 Å². The fraction of sp³-hybridized carbons (Fsp3) is 0.786. The van der Waals surface area contributed by atoms with E-state index in [2.05, 4.69) is 19.1 Å². The van der Waals surface area contributed by atoms with Crippen LogP contribution < -0.4 is 0 Å². The van der Waals surface area contributed by atoms with Crippen LogP contribution in [0.4, 0.5) is 0 Å². The summed E-state index contributed by atoms with van der Waals surface area (Å²) >= 11 is 0. The van der Waals surface area contributed by atoms with E-state index in [-0.39, 0.29) is 19.2 Å². The highest BCUT2D eigenvalue weighted by atomic mass is 16.5. The Morgan fingerprint density at radius 1 is 1.12 bits per heavy atom. The van der Waals surface area contributed by atoms with E-state index in [1.165, 1.54) is 25.7 Å². The van der Waals surface area contributed by atoms with Gasteiger partial charge in [-0.3, -0.25) is 4.79 Å². The molecule has 100 valence electrons. The number of aliphatic hydroxyl groups is 1. The summed E-state index contributed by atoms with van der Waals surface area (Å²) in [5.74, 6) is -0.190. The van der Waals surface area contributed by atoms with Gasteiger partial charge in [-0.25, -0.2) is 0 Å². The van der Waals surface area contributed by atoms with Crippen LogP contribution in [0.3, 0.4) is 0 Å². The van der Waals surface area contributed by atoms with Gasteiger partial charge in [0, 0.05) is 6.42 Å². The van der Waals surface area contributed by atoms with E-state index < -0.39 is 0 Å². The number of hydrogen-bond acceptors (Lipinski definition) is 3. The number of ether oxygens (including phenoxy) is 1. The minimum atomic E-state index is -0.190. The third-order valence-corrected chi connectivity index (χ3v) is 2.51. The summed E-state index contributed by atoms with van der Waals surface area (Å²) in [5, 5.41) is 8.46. The van der Waals surface area contributed by atoms with Crippen LogP contribution in [-0.4, -0.2) is 24.3 Å². The van der Waals surface area contributed by atoms with Crippen molar-refractivity contribution in [3.63, 3.8) is 0 Å². The third-order valence-electron chi connectivity index (χ3n) is 2.51. The van der Waals surface area contributed by atoms with Crippen molar-refractivity contribution in [3.8, 4) is 0 Å². The van der Waals surface area contributed by atoms with E-state index in [9.17, 15) is 4.79 Å². The molecule has 0 heterocycles. The van der Waals surface area contributed by atoms with Gasteiger partial charge in [-0.2, -0.15) is 0 Å². The van der Waals surface area contributed by atoms with Gasteiger partial charge in [0.15, 0.2) is 0 Å². The van der Waals surface area contributed by atoms with Crippen LogP contribution in [0.15, 0.2) is 12.2 Å². The van der Waals surface area contributed by atoms with Gasteiger partial charge >= 0.3 is 5.97 Å². The van der Waals surface area contributed by atoms with Gasteiger partial charge in [-0.1, -0.05) is 38.3 Å². The van der Waals surface area contributed by atoms with Gasteiger partial charge in [0.2, 0.25) is 0 Å². The molecule has 0 spiro atoms. The first-order valence-electron chi connectivity index (χ1n) is 6.72. The van der Waals surface area contributed by atoms with E-state index >= 15 is 0 Å². The fourth-order valence-corrected chi connectivity index (χ4v) is 1.58. The molecule has 0 aromatic carbocycles. The molecule has 17 heavy (non-hydrogen) atoms. The van der Waals surface area contributed by atoms with Crippen molar-refractivity contribution in [2.24, 2.45) is 0 Å². The standard InChI is InChI=1S/C14H26O3/c1-2-3-4-5-6-7-8-9-10-11-14(16)17-13-12-15/h3-4,15H,2,5-13H2,1H3/b4-3-. The van der Waals surface area contributed by atoms with Crippen molar-refractivity contribution in [2.45, 2.75) is 58.3 Å². The molecule has 3 nitrogen and oxygen atoms in total. The SMILES string of the molecule is CC/C=C\CCCCCCCC(=O)OCCO. The monoisotopic (exact) mass is 242 g/mol. The summed E-state index contributed by atoms with van der Waals surface area (Å²) in [6.45, 7) is 2.19. The lowest BCUT2D eigenvalue weighted by molar-refractivity contribution is -0.144.